The molecule has 0 radical (unpaired) electrons. The fourth-order valence-electron chi connectivity index (χ4n) is 4.83. The van der Waals surface area contributed by atoms with Crippen molar-refractivity contribution in [2.75, 3.05) is 0 Å². The predicted molar refractivity (Wildman–Crippen MR) is 107 cm³/mol. The van der Waals surface area contributed by atoms with Crippen LogP contribution in [0.25, 0.3) is 0 Å². The van der Waals surface area contributed by atoms with Crippen LogP contribution in [0.15, 0.2) is 60.7 Å². The lowest BCUT2D eigenvalue weighted by molar-refractivity contribution is 0.170. The van der Waals surface area contributed by atoms with Crippen molar-refractivity contribution < 1.29 is 4.43 Å². The van der Waals surface area contributed by atoms with Crippen molar-refractivity contribution in [1.29, 1.82) is 0 Å². The van der Waals surface area contributed by atoms with Gasteiger partial charge in [0.25, 0.3) is 8.32 Å². The second-order valence-corrected chi connectivity index (χ2v) is 13.0. The number of fused-ring (bicyclic) bond motifs is 1. The zero-order valence-corrected chi connectivity index (χ0v) is 16.5. The van der Waals surface area contributed by atoms with Crippen molar-refractivity contribution in [2.24, 2.45) is 17.6 Å². The first-order chi connectivity index (χ1) is 11.9. The van der Waals surface area contributed by atoms with Crippen molar-refractivity contribution in [2.45, 2.75) is 50.8 Å². The predicted octanol–water partition coefficient (Wildman–Crippen LogP) is 3.30. The van der Waals surface area contributed by atoms with E-state index in [1.807, 2.05) is 0 Å². The van der Waals surface area contributed by atoms with Crippen LogP contribution in [0.3, 0.4) is 0 Å². The van der Waals surface area contributed by atoms with Gasteiger partial charge in [0.05, 0.1) is 6.10 Å². The molecular formula is C22H29NOSi. The Kier molecular flexibility index (Phi) is 4.14. The molecule has 4 atom stereocenters. The lowest BCUT2D eigenvalue weighted by Crippen LogP contribution is -2.67. The lowest BCUT2D eigenvalue weighted by Gasteiger charge is -2.45. The van der Waals surface area contributed by atoms with Crippen LogP contribution in [-0.4, -0.2) is 20.5 Å². The summed E-state index contributed by atoms with van der Waals surface area (Å²) in [7, 11) is -2.41. The first-order valence-corrected chi connectivity index (χ1v) is 11.4. The standard InChI is InChI=1S/C22H29NOSi/c1-22(2,3)25(16-10-6-4-7-11-16,17-12-8-5-9-13-17)24-21-15-20(23)18-14-19(18)21/h4-13,18-21H,14-15,23H2,1-3H3/t18-,19+,20+,21-/m1/s1. The van der Waals surface area contributed by atoms with Gasteiger partial charge in [-0.3, -0.25) is 0 Å². The highest BCUT2D eigenvalue weighted by molar-refractivity contribution is 6.99. The maximum absolute atomic E-state index is 7.22. The van der Waals surface area contributed by atoms with Gasteiger partial charge in [-0.25, -0.2) is 0 Å². The molecule has 0 aromatic heterocycles. The molecule has 2 aliphatic rings. The number of benzene rings is 2. The van der Waals surface area contributed by atoms with Crippen LogP contribution < -0.4 is 16.1 Å². The monoisotopic (exact) mass is 351 g/mol. The van der Waals surface area contributed by atoms with Crippen LogP contribution in [0.2, 0.25) is 5.04 Å². The molecule has 2 fully saturated rings. The van der Waals surface area contributed by atoms with Gasteiger partial charge in [0.2, 0.25) is 0 Å². The maximum Gasteiger partial charge on any atom is 0.261 e. The summed E-state index contributed by atoms with van der Waals surface area (Å²) >= 11 is 0. The Labute approximate surface area is 152 Å². The van der Waals surface area contributed by atoms with E-state index in [2.05, 4.69) is 81.4 Å². The SMILES string of the molecule is CC(C)(C)[Si](O[C@@H]1C[C@H](N)[C@@H]2C[C@@H]21)(c1ccccc1)c1ccccc1. The summed E-state index contributed by atoms with van der Waals surface area (Å²) in [6.45, 7) is 7.04. The first kappa shape index (κ1) is 17.0. The van der Waals surface area contributed by atoms with Gasteiger partial charge in [-0.15, -0.1) is 0 Å². The Balaban J connectivity index is 1.84. The van der Waals surface area contributed by atoms with Crippen LogP contribution in [-0.2, 0) is 4.43 Å². The average Bonchev–Trinajstić information content (AvgIpc) is 3.34. The smallest absolute Gasteiger partial charge is 0.261 e. The van der Waals surface area contributed by atoms with Crippen molar-refractivity contribution in [1.82, 2.24) is 0 Å². The Morgan fingerprint density at radius 1 is 0.840 bits per heavy atom. The first-order valence-electron chi connectivity index (χ1n) is 9.48. The molecule has 2 N–H and O–H groups in total. The van der Waals surface area contributed by atoms with Gasteiger partial charge in [-0.2, -0.15) is 0 Å². The number of hydrogen-bond acceptors (Lipinski definition) is 2. The molecule has 0 unspecified atom stereocenters. The molecule has 2 aromatic rings. The van der Waals surface area contributed by atoms with E-state index in [-0.39, 0.29) is 5.04 Å². The topological polar surface area (TPSA) is 35.2 Å². The molecule has 25 heavy (non-hydrogen) atoms. The molecule has 0 bridgehead atoms. The third-order valence-electron chi connectivity index (χ3n) is 6.17. The lowest BCUT2D eigenvalue weighted by atomic mass is 10.2. The van der Waals surface area contributed by atoms with Gasteiger partial charge >= 0.3 is 0 Å². The highest BCUT2D eigenvalue weighted by atomic mass is 28.4. The second kappa shape index (κ2) is 6.08. The second-order valence-electron chi connectivity index (χ2n) is 8.78. The Morgan fingerprint density at radius 2 is 1.36 bits per heavy atom. The normalized spacial score (nSPS) is 28.6. The van der Waals surface area contributed by atoms with Gasteiger partial charge in [-0.05, 0) is 40.1 Å². The van der Waals surface area contributed by atoms with Crippen LogP contribution in [0, 0.1) is 11.8 Å². The molecule has 3 heteroatoms. The molecule has 2 aliphatic carbocycles. The highest BCUT2D eigenvalue weighted by Gasteiger charge is 2.58. The molecule has 132 valence electrons. The van der Waals surface area contributed by atoms with E-state index in [1.165, 1.54) is 16.8 Å². The van der Waals surface area contributed by atoms with E-state index < -0.39 is 8.32 Å². The van der Waals surface area contributed by atoms with E-state index >= 15 is 0 Å². The molecular weight excluding hydrogens is 322 g/mol. The van der Waals surface area contributed by atoms with Crippen LogP contribution in [0.1, 0.15) is 33.6 Å². The van der Waals surface area contributed by atoms with Gasteiger partial charge < -0.3 is 10.2 Å². The molecule has 0 spiro atoms. The minimum absolute atomic E-state index is 0.0484. The summed E-state index contributed by atoms with van der Waals surface area (Å²) in [6, 6.07) is 22.2. The number of rotatable bonds is 4. The van der Waals surface area contributed by atoms with E-state index in [0.717, 1.165) is 6.42 Å². The molecule has 0 aliphatic heterocycles. The summed E-state index contributed by atoms with van der Waals surface area (Å²) in [5.74, 6) is 1.37. The Hall–Kier alpha value is -1.42. The van der Waals surface area contributed by atoms with Gasteiger partial charge in [0.1, 0.15) is 0 Å². The molecule has 0 heterocycles. The highest BCUT2D eigenvalue weighted by Crippen LogP contribution is 2.54. The Morgan fingerprint density at radius 3 is 1.72 bits per heavy atom. The molecule has 4 rings (SSSR count). The largest absolute Gasteiger partial charge is 0.404 e. The van der Waals surface area contributed by atoms with Gasteiger partial charge in [0, 0.05) is 6.04 Å². The van der Waals surface area contributed by atoms with E-state index in [9.17, 15) is 0 Å². The molecule has 0 amide bonds. The summed E-state index contributed by atoms with van der Waals surface area (Å²) < 4.78 is 7.22. The Bertz CT molecular complexity index is 685. The fourth-order valence-corrected chi connectivity index (χ4v) is 9.57. The number of nitrogens with two attached hydrogens (primary N) is 1. The zero-order chi connectivity index (χ0) is 17.7. The summed E-state index contributed by atoms with van der Waals surface area (Å²) in [4.78, 5) is 0. The minimum atomic E-state index is -2.41. The summed E-state index contributed by atoms with van der Waals surface area (Å²) in [5.41, 5.74) is 6.35. The third kappa shape index (κ3) is 2.79. The number of hydrogen-bond donors (Lipinski definition) is 1. The van der Waals surface area contributed by atoms with Crippen molar-refractivity contribution in [3.8, 4) is 0 Å². The zero-order valence-electron chi connectivity index (χ0n) is 15.5. The molecule has 0 saturated heterocycles. The van der Waals surface area contributed by atoms with Crippen molar-refractivity contribution in [3.63, 3.8) is 0 Å². The van der Waals surface area contributed by atoms with Crippen molar-refractivity contribution >= 4 is 18.7 Å². The maximum atomic E-state index is 7.22. The van der Waals surface area contributed by atoms with Gasteiger partial charge in [0.15, 0.2) is 0 Å². The van der Waals surface area contributed by atoms with Crippen LogP contribution in [0.4, 0.5) is 0 Å². The quantitative estimate of drug-likeness (QED) is 0.858. The van der Waals surface area contributed by atoms with E-state index in [0.29, 0.717) is 24.0 Å². The summed E-state index contributed by atoms with van der Waals surface area (Å²) in [5, 5.41) is 2.78. The average molecular weight is 352 g/mol. The van der Waals surface area contributed by atoms with Crippen LogP contribution >= 0.6 is 0 Å². The van der Waals surface area contributed by atoms with Crippen LogP contribution in [0.5, 0.6) is 0 Å². The fraction of sp³-hybridized carbons (Fsp3) is 0.455. The van der Waals surface area contributed by atoms with E-state index in [1.54, 1.807) is 0 Å². The molecule has 2 nitrogen and oxygen atoms in total. The molecule has 2 saturated carbocycles. The van der Waals surface area contributed by atoms with E-state index in [4.69, 9.17) is 10.2 Å². The molecule has 2 aromatic carbocycles. The van der Waals surface area contributed by atoms with Crippen molar-refractivity contribution in [3.05, 3.63) is 60.7 Å². The van der Waals surface area contributed by atoms with Gasteiger partial charge in [-0.1, -0.05) is 81.4 Å². The third-order valence-corrected chi connectivity index (χ3v) is 11.2. The summed E-state index contributed by atoms with van der Waals surface area (Å²) in [6.07, 6.45) is 2.58. The minimum Gasteiger partial charge on any atom is -0.404 e.